The van der Waals surface area contributed by atoms with Crippen molar-refractivity contribution in [1.29, 1.82) is 0 Å². The Kier molecular flexibility index (Phi) is 8.76. The fourth-order valence-electron chi connectivity index (χ4n) is 1.68. The number of anilines is 1. The molecular weight excluding hydrogens is 280 g/mol. The number of rotatable bonds is 7. The molecule has 1 atom stereocenters. The number of nitrogens with one attached hydrogen (secondary N) is 2. The van der Waals surface area contributed by atoms with Crippen molar-refractivity contribution in [3.63, 3.8) is 0 Å². The van der Waals surface area contributed by atoms with E-state index in [1.807, 2.05) is 20.9 Å². The molecule has 1 rings (SSSR count). The van der Waals surface area contributed by atoms with Gasteiger partial charge in [-0.25, -0.2) is 0 Å². The Morgan fingerprint density at radius 2 is 2.05 bits per heavy atom. The highest BCUT2D eigenvalue weighted by atomic mass is 35.5. The van der Waals surface area contributed by atoms with Crippen molar-refractivity contribution < 1.29 is 14.3 Å². The van der Waals surface area contributed by atoms with Crippen LogP contribution in [0.4, 0.5) is 5.69 Å². The Morgan fingerprint density at radius 1 is 1.35 bits per heavy atom. The van der Waals surface area contributed by atoms with Crippen LogP contribution in [-0.2, 0) is 4.79 Å². The van der Waals surface area contributed by atoms with Gasteiger partial charge < -0.3 is 20.1 Å². The van der Waals surface area contributed by atoms with Crippen LogP contribution in [0.5, 0.6) is 11.5 Å². The lowest BCUT2D eigenvalue weighted by Gasteiger charge is -2.14. The van der Waals surface area contributed by atoms with Gasteiger partial charge in [0.25, 0.3) is 0 Å². The monoisotopic (exact) mass is 302 g/mol. The highest BCUT2D eigenvalue weighted by Gasteiger charge is 2.13. The number of hydrogen-bond acceptors (Lipinski definition) is 4. The average Bonchev–Trinajstić information content (AvgIpc) is 2.41. The van der Waals surface area contributed by atoms with Crippen molar-refractivity contribution >= 4 is 24.0 Å². The zero-order chi connectivity index (χ0) is 14.3. The third-order valence-electron chi connectivity index (χ3n) is 2.69. The lowest BCUT2D eigenvalue weighted by molar-refractivity contribution is -0.119. The number of carbonyl (C=O) groups is 1. The molecule has 0 aromatic heterocycles. The predicted molar refractivity (Wildman–Crippen MR) is 83.1 cm³/mol. The van der Waals surface area contributed by atoms with Gasteiger partial charge in [-0.15, -0.1) is 12.4 Å². The number of carbonyl (C=O) groups excluding carboxylic acids is 1. The van der Waals surface area contributed by atoms with Crippen LogP contribution in [0.25, 0.3) is 0 Å². The molecule has 1 aromatic rings. The van der Waals surface area contributed by atoms with Crippen molar-refractivity contribution in [1.82, 2.24) is 5.32 Å². The van der Waals surface area contributed by atoms with Crippen LogP contribution in [0.3, 0.4) is 0 Å². The Hall–Kier alpha value is -1.46. The van der Waals surface area contributed by atoms with E-state index >= 15 is 0 Å². The molecule has 0 aliphatic heterocycles. The first-order valence-corrected chi connectivity index (χ1v) is 6.38. The summed E-state index contributed by atoms with van der Waals surface area (Å²) in [5, 5.41) is 5.83. The Bertz CT molecular complexity index is 427. The van der Waals surface area contributed by atoms with Crippen LogP contribution in [-0.4, -0.2) is 33.2 Å². The third kappa shape index (κ3) is 5.27. The molecular formula is C14H23ClN2O3. The maximum Gasteiger partial charge on any atom is 0.228 e. The van der Waals surface area contributed by atoms with Gasteiger partial charge in [-0.1, -0.05) is 6.92 Å². The minimum atomic E-state index is -0.0948. The molecule has 2 N–H and O–H groups in total. The zero-order valence-electron chi connectivity index (χ0n) is 12.4. The maximum atomic E-state index is 11.9. The van der Waals surface area contributed by atoms with Crippen LogP contribution in [0.1, 0.15) is 13.8 Å². The van der Waals surface area contributed by atoms with Crippen LogP contribution < -0.4 is 20.1 Å². The molecule has 20 heavy (non-hydrogen) atoms. The molecule has 0 bridgehead atoms. The van der Waals surface area contributed by atoms with Gasteiger partial charge in [-0.3, -0.25) is 4.79 Å². The van der Waals surface area contributed by atoms with E-state index in [2.05, 4.69) is 10.6 Å². The summed E-state index contributed by atoms with van der Waals surface area (Å²) < 4.78 is 10.7. The largest absolute Gasteiger partial charge is 0.493 e. The molecule has 0 saturated carbocycles. The quantitative estimate of drug-likeness (QED) is 0.811. The zero-order valence-corrected chi connectivity index (χ0v) is 13.2. The van der Waals surface area contributed by atoms with Gasteiger partial charge in [0, 0.05) is 24.2 Å². The second-order valence-electron chi connectivity index (χ2n) is 4.25. The van der Waals surface area contributed by atoms with Gasteiger partial charge in [-0.05, 0) is 26.1 Å². The fourth-order valence-corrected chi connectivity index (χ4v) is 1.68. The van der Waals surface area contributed by atoms with Gasteiger partial charge in [-0.2, -0.15) is 0 Å². The molecule has 0 spiro atoms. The summed E-state index contributed by atoms with van der Waals surface area (Å²) in [6.07, 6.45) is 0. The number of ether oxygens (including phenoxy) is 2. The lowest BCUT2D eigenvalue weighted by Crippen LogP contribution is -2.28. The van der Waals surface area contributed by atoms with E-state index in [0.29, 0.717) is 30.3 Å². The number of benzene rings is 1. The van der Waals surface area contributed by atoms with Crippen LogP contribution >= 0.6 is 12.4 Å². The highest BCUT2D eigenvalue weighted by molar-refractivity contribution is 5.92. The van der Waals surface area contributed by atoms with Crippen molar-refractivity contribution in [2.75, 3.05) is 32.6 Å². The summed E-state index contributed by atoms with van der Waals surface area (Å²) >= 11 is 0. The molecule has 5 nitrogen and oxygen atoms in total. The molecule has 0 saturated heterocycles. The lowest BCUT2D eigenvalue weighted by atomic mass is 10.1. The van der Waals surface area contributed by atoms with E-state index in [1.54, 1.807) is 25.3 Å². The number of methoxy groups -OCH3 is 1. The van der Waals surface area contributed by atoms with Crippen molar-refractivity contribution in [2.24, 2.45) is 5.92 Å². The van der Waals surface area contributed by atoms with Gasteiger partial charge in [0.2, 0.25) is 5.91 Å². The standard InChI is InChI=1S/C14H22N2O3.ClH/c1-5-19-12-7-6-11(8-13(12)18-4)16-14(17)10(2)9-15-3;/h6-8,10,15H,5,9H2,1-4H3,(H,16,17);1H. The normalized spacial score (nSPS) is 11.2. The topological polar surface area (TPSA) is 59.6 Å². The summed E-state index contributed by atoms with van der Waals surface area (Å²) in [6.45, 7) is 4.99. The molecule has 0 radical (unpaired) electrons. The smallest absolute Gasteiger partial charge is 0.228 e. The first kappa shape index (κ1) is 18.5. The summed E-state index contributed by atoms with van der Waals surface area (Å²) in [4.78, 5) is 11.9. The molecule has 0 aliphatic carbocycles. The van der Waals surface area contributed by atoms with Gasteiger partial charge in [0.05, 0.1) is 13.7 Å². The van der Waals surface area contributed by atoms with Crippen molar-refractivity contribution in [3.8, 4) is 11.5 Å². The number of amides is 1. The molecule has 1 amide bonds. The minimum absolute atomic E-state index is 0. The third-order valence-corrected chi connectivity index (χ3v) is 2.69. The SMILES string of the molecule is CCOc1ccc(NC(=O)C(C)CNC)cc1OC.Cl. The molecule has 0 fully saturated rings. The van der Waals surface area contributed by atoms with Crippen LogP contribution in [0, 0.1) is 5.92 Å². The second-order valence-corrected chi connectivity index (χ2v) is 4.25. The van der Waals surface area contributed by atoms with Crippen LogP contribution in [0.15, 0.2) is 18.2 Å². The number of hydrogen-bond donors (Lipinski definition) is 2. The van der Waals surface area contributed by atoms with Crippen molar-refractivity contribution in [3.05, 3.63) is 18.2 Å². The van der Waals surface area contributed by atoms with E-state index < -0.39 is 0 Å². The first-order valence-electron chi connectivity index (χ1n) is 6.38. The van der Waals surface area contributed by atoms with Gasteiger partial charge in [0.15, 0.2) is 11.5 Å². The average molecular weight is 303 g/mol. The molecule has 1 aromatic carbocycles. The first-order chi connectivity index (χ1) is 9.12. The Morgan fingerprint density at radius 3 is 2.60 bits per heavy atom. The van der Waals surface area contributed by atoms with E-state index in [9.17, 15) is 4.79 Å². The van der Waals surface area contributed by atoms with E-state index in [0.717, 1.165) is 0 Å². The van der Waals surface area contributed by atoms with E-state index in [1.165, 1.54) is 0 Å². The highest BCUT2D eigenvalue weighted by Crippen LogP contribution is 2.30. The van der Waals surface area contributed by atoms with Crippen LogP contribution in [0.2, 0.25) is 0 Å². The summed E-state index contributed by atoms with van der Waals surface area (Å²) in [7, 11) is 3.40. The Balaban J connectivity index is 0.00000361. The van der Waals surface area contributed by atoms with E-state index in [4.69, 9.17) is 9.47 Å². The van der Waals surface area contributed by atoms with Crippen molar-refractivity contribution in [2.45, 2.75) is 13.8 Å². The molecule has 6 heteroatoms. The van der Waals surface area contributed by atoms with E-state index in [-0.39, 0.29) is 24.2 Å². The minimum Gasteiger partial charge on any atom is -0.493 e. The molecule has 1 unspecified atom stereocenters. The number of halogens is 1. The van der Waals surface area contributed by atoms with Gasteiger partial charge >= 0.3 is 0 Å². The fraction of sp³-hybridized carbons (Fsp3) is 0.500. The summed E-state index contributed by atoms with van der Waals surface area (Å²) in [6, 6.07) is 5.35. The summed E-state index contributed by atoms with van der Waals surface area (Å²) in [5.74, 6) is 1.16. The van der Waals surface area contributed by atoms with Gasteiger partial charge in [0.1, 0.15) is 0 Å². The molecule has 0 aliphatic rings. The Labute approximate surface area is 126 Å². The molecule has 114 valence electrons. The summed E-state index contributed by atoms with van der Waals surface area (Å²) in [5.41, 5.74) is 0.702. The maximum absolute atomic E-state index is 11.9. The predicted octanol–water partition coefficient (Wildman–Crippen LogP) is 2.31. The molecule has 0 heterocycles. The second kappa shape index (κ2) is 9.44.